The maximum absolute atomic E-state index is 12.0. The Morgan fingerprint density at radius 3 is 2.64 bits per heavy atom. The summed E-state index contributed by atoms with van der Waals surface area (Å²) in [5.41, 5.74) is -0.733. The van der Waals surface area contributed by atoms with Crippen molar-refractivity contribution in [3.05, 3.63) is 24.5 Å². The second-order valence-corrected chi connectivity index (χ2v) is 3.25. The Balaban J connectivity index is 0.00000169. The molecule has 0 unspecified atom stereocenters. The van der Waals surface area contributed by atoms with E-state index < -0.39 is 12.4 Å². The van der Waals surface area contributed by atoms with Gasteiger partial charge in [0.2, 0.25) is 0 Å². The number of rotatable bonds is 4. The summed E-state index contributed by atoms with van der Waals surface area (Å²) in [7, 11) is 0. The van der Waals surface area contributed by atoms with E-state index in [2.05, 4.69) is 11.6 Å². The van der Waals surface area contributed by atoms with E-state index in [0.29, 0.717) is 0 Å². The molecular weight excluding hydrogens is 241 g/mol. The van der Waals surface area contributed by atoms with Crippen molar-refractivity contribution in [3.63, 3.8) is 0 Å². The average molecular weight is 247 g/mol. The van der Waals surface area contributed by atoms with E-state index in [1.807, 2.05) is 0 Å². The van der Waals surface area contributed by atoms with Crippen LogP contribution in [0.2, 0.25) is 0 Å². The molecule has 0 N–H and O–H groups in total. The topological polar surface area (TPSA) is 26.0 Å². The monoisotopic (exact) mass is 247 g/mol. The first-order chi connectivity index (χ1) is 6.00. The molecule has 72 valence electrons. The van der Waals surface area contributed by atoms with Crippen LogP contribution in [0.3, 0.4) is 0 Å². The molecule has 0 saturated carbocycles. The minimum absolute atomic E-state index is 0. The van der Waals surface area contributed by atoms with Crippen LogP contribution in [0.4, 0.5) is 12.9 Å². The fourth-order valence-corrected chi connectivity index (χ4v) is 1.29. The summed E-state index contributed by atoms with van der Waals surface area (Å²) >= 11 is 0.880. The van der Waals surface area contributed by atoms with Crippen LogP contribution in [0.25, 0.3) is 0 Å². The zero-order valence-corrected chi connectivity index (χ0v) is 11.5. The van der Waals surface area contributed by atoms with Crippen molar-refractivity contribution in [2.75, 3.05) is 5.75 Å². The Morgan fingerprint density at radius 2 is 2.21 bits per heavy atom. The van der Waals surface area contributed by atoms with Crippen LogP contribution < -0.4 is 51.4 Å². The number of aromatic nitrogens is 1. The number of hydrogen-bond donors (Lipinski definition) is 0. The SMILES string of the molecule is C=C(CSc1ncco1)[B-](F)(F)F.[K+]. The summed E-state index contributed by atoms with van der Waals surface area (Å²) in [6.45, 7) is -2.00. The average Bonchev–Trinajstić information content (AvgIpc) is 2.50. The van der Waals surface area contributed by atoms with Crippen LogP contribution >= 0.6 is 11.8 Å². The molecule has 0 bridgehead atoms. The zero-order chi connectivity index (χ0) is 9.90. The summed E-state index contributed by atoms with van der Waals surface area (Å²) in [6.07, 6.45) is 2.69. The Hall–Kier alpha value is 0.791. The van der Waals surface area contributed by atoms with Crippen molar-refractivity contribution in [3.8, 4) is 0 Å². The van der Waals surface area contributed by atoms with Crippen molar-refractivity contribution >= 4 is 18.7 Å². The molecule has 1 aromatic rings. The Morgan fingerprint density at radius 1 is 1.57 bits per heavy atom. The van der Waals surface area contributed by atoms with Crippen LogP contribution in [-0.2, 0) is 0 Å². The normalized spacial score (nSPS) is 10.8. The smallest absolute Gasteiger partial charge is 0.445 e. The molecule has 0 atom stereocenters. The minimum Gasteiger partial charge on any atom is -0.445 e. The van der Waals surface area contributed by atoms with Gasteiger partial charge in [0.1, 0.15) is 6.26 Å². The zero-order valence-electron chi connectivity index (χ0n) is 7.54. The third kappa shape index (κ3) is 5.04. The van der Waals surface area contributed by atoms with Crippen LogP contribution in [-0.4, -0.2) is 17.7 Å². The molecule has 0 saturated heterocycles. The van der Waals surface area contributed by atoms with Gasteiger partial charge < -0.3 is 17.4 Å². The van der Waals surface area contributed by atoms with Crippen LogP contribution in [0.1, 0.15) is 0 Å². The van der Waals surface area contributed by atoms with Gasteiger partial charge in [-0.25, -0.2) is 4.98 Å². The van der Waals surface area contributed by atoms with Crippen molar-refractivity contribution in [1.82, 2.24) is 4.98 Å². The fraction of sp³-hybridized carbons (Fsp3) is 0.167. The van der Waals surface area contributed by atoms with Crippen molar-refractivity contribution in [1.29, 1.82) is 0 Å². The number of thioether (sulfide) groups is 1. The molecule has 1 heterocycles. The van der Waals surface area contributed by atoms with Gasteiger partial charge in [0.05, 0.1) is 6.20 Å². The Bertz CT molecular complexity index is 290. The van der Waals surface area contributed by atoms with Crippen molar-refractivity contribution in [2.24, 2.45) is 0 Å². The van der Waals surface area contributed by atoms with Crippen molar-refractivity contribution in [2.45, 2.75) is 5.22 Å². The molecule has 1 aromatic heterocycles. The third-order valence-electron chi connectivity index (χ3n) is 1.25. The standard InChI is InChI=1S/C6H6BF3NOS.K/c1-5(7(8,9)10)4-13-6-11-2-3-12-6;/h2-3H,1,4H2;/q-1;+1. The number of halogens is 3. The van der Waals surface area contributed by atoms with Gasteiger partial charge in [0.25, 0.3) is 5.22 Å². The molecule has 0 aliphatic heterocycles. The first-order valence-corrected chi connectivity index (χ1v) is 4.38. The van der Waals surface area contributed by atoms with E-state index in [1.54, 1.807) is 0 Å². The number of oxazole rings is 1. The molecule has 0 radical (unpaired) electrons. The van der Waals surface area contributed by atoms with Crippen LogP contribution in [0.15, 0.2) is 34.2 Å². The third-order valence-corrected chi connectivity index (χ3v) is 2.22. The molecule has 14 heavy (non-hydrogen) atoms. The van der Waals surface area contributed by atoms with E-state index in [0.717, 1.165) is 11.8 Å². The molecule has 8 heteroatoms. The maximum Gasteiger partial charge on any atom is 1.00 e. The summed E-state index contributed by atoms with van der Waals surface area (Å²) in [5.74, 6) is -0.232. The quantitative estimate of drug-likeness (QED) is 0.540. The fourth-order valence-electron chi connectivity index (χ4n) is 0.531. The van der Waals surface area contributed by atoms with Gasteiger partial charge in [-0.2, -0.15) is 0 Å². The van der Waals surface area contributed by atoms with Gasteiger partial charge in [0.15, 0.2) is 0 Å². The Labute approximate surface area is 126 Å². The van der Waals surface area contributed by atoms with Gasteiger partial charge in [-0.1, -0.05) is 11.8 Å². The first kappa shape index (κ1) is 14.8. The van der Waals surface area contributed by atoms with E-state index in [4.69, 9.17) is 4.42 Å². The molecule has 0 aromatic carbocycles. The van der Waals surface area contributed by atoms with E-state index in [1.165, 1.54) is 12.5 Å². The van der Waals surface area contributed by atoms with Gasteiger partial charge in [-0.05, 0) is 5.75 Å². The molecular formula is C6H6BF3KNOS. The van der Waals surface area contributed by atoms with Crippen molar-refractivity contribution < 1.29 is 68.7 Å². The predicted molar refractivity (Wildman–Crippen MR) is 45.4 cm³/mol. The van der Waals surface area contributed by atoms with Gasteiger partial charge in [-0.3, -0.25) is 0 Å². The van der Waals surface area contributed by atoms with Gasteiger partial charge in [0, 0.05) is 0 Å². The summed E-state index contributed by atoms with van der Waals surface area (Å²) < 4.78 is 40.7. The van der Waals surface area contributed by atoms with Crippen LogP contribution in [0, 0.1) is 0 Å². The summed E-state index contributed by atoms with van der Waals surface area (Å²) in [5, 5.41) is 0.223. The molecule has 0 fully saturated rings. The molecule has 1 rings (SSSR count). The number of hydrogen-bond acceptors (Lipinski definition) is 3. The predicted octanol–water partition coefficient (Wildman–Crippen LogP) is -0.287. The molecule has 0 amide bonds. The van der Waals surface area contributed by atoms with Gasteiger partial charge >= 0.3 is 58.4 Å². The molecule has 0 aliphatic carbocycles. The largest absolute Gasteiger partial charge is 1.00 e. The maximum atomic E-state index is 12.0. The van der Waals surface area contributed by atoms with Gasteiger partial charge in [-0.15, -0.1) is 12.1 Å². The summed E-state index contributed by atoms with van der Waals surface area (Å²) in [6, 6.07) is 0. The van der Waals surface area contributed by atoms with Crippen LogP contribution in [0.5, 0.6) is 0 Å². The number of nitrogens with zero attached hydrogens (tertiary/aromatic N) is 1. The summed E-state index contributed by atoms with van der Waals surface area (Å²) in [4.78, 5) is 3.67. The minimum atomic E-state index is -4.94. The van der Waals surface area contributed by atoms with E-state index in [-0.39, 0.29) is 62.4 Å². The molecule has 0 spiro atoms. The second-order valence-electron chi connectivity index (χ2n) is 2.32. The molecule has 2 nitrogen and oxygen atoms in total. The Kier molecular flexibility index (Phi) is 6.75. The first-order valence-electron chi connectivity index (χ1n) is 3.40. The van der Waals surface area contributed by atoms with E-state index in [9.17, 15) is 12.9 Å². The molecule has 0 aliphatic rings. The second kappa shape index (κ2) is 6.39. The van der Waals surface area contributed by atoms with E-state index >= 15 is 0 Å².